The summed E-state index contributed by atoms with van der Waals surface area (Å²) in [6.07, 6.45) is 7.60. The highest BCUT2D eigenvalue weighted by molar-refractivity contribution is 5.95. The lowest BCUT2D eigenvalue weighted by Gasteiger charge is -2.19. The van der Waals surface area contributed by atoms with Crippen molar-refractivity contribution in [1.29, 1.82) is 0 Å². The Morgan fingerprint density at radius 1 is 1.10 bits per heavy atom. The lowest BCUT2D eigenvalue weighted by molar-refractivity contribution is 0.222. The van der Waals surface area contributed by atoms with Crippen molar-refractivity contribution in [1.82, 2.24) is 19.6 Å². The molecule has 0 saturated carbocycles. The molecule has 0 bridgehead atoms. The number of benzene rings is 1. The fourth-order valence-electron chi connectivity index (χ4n) is 3.66. The Balaban J connectivity index is 1.70. The van der Waals surface area contributed by atoms with Crippen LogP contribution in [0.3, 0.4) is 0 Å². The average Bonchev–Trinajstić information content (AvgIpc) is 3.41. The van der Waals surface area contributed by atoms with Gasteiger partial charge < -0.3 is 25.3 Å². The molecule has 3 heterocycles. The quantitative estimate of drug-likeness (QED) is 0.635. The van der Waals surface area contributed by atoms with Gasteiger partial charge in [-0.15, -0.1) is 0 Å². The second-order valence-electron chi connectivity index (χ2n) is 7.11. The van der Waals surface area contributed by atoms with Crippen molar-refractivity contribution in [3.05, 3.63) is 48.4 Å². The molecule has 0 radical (unpaired) electrons. The van der Waals surface area contributed by atoms with Crippen LogP contribution in [0.4, 0.5) is 21.0 Å². The van der Waals surface area contributed by atoms with Crippen LogP contribution in [0.2, 0.25) is 0 Å². The number of fused-ring (bicyclic) bond motifs is 1. The van der Waals surface area contributed by atoms with E-state index in [0.717, 1.165) is 48.3 Å². The Morgan fingerprint density at radius 2 is 1.90 bits per heavy atom. The van der Waals surface area contributed by atoms with Gasteiger partial charge in [-0.1, -0.05) is 12.1 Å². The number of anilines is 2. The van der Waals surface area contributed by atoms with Crippen LogP contribution in [0.1, 0.15) is 18.4 Å². The van der Waals surface area contributed by atoms with E-state index in [-0.39, 0.29) is 12.1 Å². The third-order valence-electron chi connectivity index (χ3n) is 5.24. The molecule has 4 amide bonds. The van der Waals surface area contributed by atoms with E-state index in [1.807, 2.05) is 52.9 Å². The number of urea groups is 2. The van der Waals surface area contributed by atoms with Crippen molar-refractivity contribution in [2.45, 2.75) is 19.8 Å². The van der Waals surface area contributed by atoms with E-state index in [0.29, 0.717) is 11.3 Å². The molecule has 8 nitrogen and oxygen atoms in total. The molecule has 1 aliphatic rings. The normalized spacial score (nSPS) is 13.5. The maximum atomic E-state index is 12.5. The molecule has 0 spiro atoms. The minimum atomic E-state index is -0.310. The molecule has 0 atom stereocenters. The monoisotopic (exact) mass is 392 g/mol. The van der Waals surface area contributed by atoms with Crippen LogP contribution in [0.15, 0.2) is 42.9 Å². The number of likely N-dealkylation sites (tertiary alicyclic amines) is 1. The molecular formula is C21H24N6O2. The molecule has 8 heteroatoms. The van der Waals surface area contributed by atoms with Crippen molar-refractivity contribution in [2.24, 2.45) is 0 Å². The number of rotatable bonds is 3. The lowest BCUT2D eigenvalue weighted by Crippen LogP contribution is -2.32. The van der Waals surface area contributed by atoms with Crippen LogP contribution >= 0.6 is 0 Å². The van der Waals surface area contributed by atoms with E-state index in [1.54, 1.807) is 13.2 Å². The van der Waals surface area contributed by atoms with Crippen LogP contribution < -0.4 is 16.0 Å². The zero-order chi connectivity index (χ0) is 20.4. The number of pyridine rings is 1. The first kappa shape index (κ1) is 18.8. The summed E-state index contributed by atoms with van der Waals surface area (Å²) in [6.45, 7) is 3.59. The largest absolute Gasteiger partial charge is 0.341 e. The number of hydrogen-bond donors (Lipinski definition) is 3. The number of imidazole rings is 1. The highest BCUT2D eigenvalue weighted by atomic mass is 16.2. The molecule has 3 N–H and O–H groups in total. The molecule has 1 fully saturated rings. The first-order valence-corrected chi connectivity index (χ1v) is 9.68. The van der Waals surface area contributed by atoms with Crippen molar-refractivity contribution >= 4 is 29.1 Å². The van der Waals surface area contributed by atoms with Gasteiger partial charge in [0.2, 0.25) is 0 Å². The molecule has 2 aromatic heterocycles. The maximum absolute atomic E-state index is 12.5. The van der Waals surface area contributed by atoms with Gasteiger partial charge >= 0.3 is 12.1 Å². The Bertz CT molecular complexity index is 1070. The fraction of sp³-hybridized carbons (Fsp3) is 0.286. The molecule has 150 valence electrons. The Hall–Kier alpha value is -3.55. The summed E-state index contributed by atoms with van der Waals surface area (Å²) >= 11 is 0. The molecule has 4 rings (SSSR count). The second-order valence-corrected chi connectivity index (χ2v) is 7.11. The van der Waals surface area contributed by atoms with Gasteiger partial charge in [0.15, 0.2) is 5.65 Å². The SMILES string of the molecule is CNC(=O)Nc1cc(-c2cccc(NC(=O)N3CCCC3)c2C)cn2ccnc12. The summed E-state index contributed by atoms with van der Waals surface area (Å²) in [5.74, 6) is 0. The van der Waals surface area contributed by atoms with Crippen molar-refractivity contribution in [3.63, 3.8) is 0 Å². The predicted molar refractivity (Wildman–Crippen MR) is 113 cm³/mol. The van der Waals surface area contributed by atoms with Gasteiger partial charge in [-0.3, -0.25) is 0 Å². The predicted octanol–water partition coefficient (Wildman–Crippen LogP) is 3.69. The molecular weight excluding hydrogens is 368 g/mol. The van der Waals surface area contributed by atoms with Gasteiger partial charge in [0.1, 0.15) is 0 Å². The highest BCUT2D eigenvalue weighted by Crippen LogP contribution is 2.31. The number of nitrogens with one attached hydrogen (secondary N) is 3. The maximum Gasteiger partial charge on any atom is 0.321 e. The van der Waals surface area contributed by atoms with Crippen LogP contribution in [-0.2, 0) is 0 Å². The Labute approximate surface area is 168 Å². The van der Waals surface area contributed by atoms with Gasteiger partial charge in [0.05, 0.1) is 5.69 Å². The smallest absolute Gasteiger partial charge is 0.321 e. The molecule has 1 aliphatic heterocycles. The van der Waals surface area contributed by atoms with E-state index < -0.39 is 0 Å². The van der Waals surface area contributed by atoms with Crippen LogP contribution in [-0.4, -0.2) is 46.5 Å². The van der Waals surface area contributed by atoms with E-state index >= 15 is 0 Å². The van der Waals surface area contributed by atoms with Crippen molar-refractivity contribution in [2.75, 3.05) is 30.8 Å². The first-order valence-electron chi connectivity index (χ1n) is 9.68. The first-order chi connectivity index (χ1) is 14.1. The van der Waals surface area contributed by atoms with E-state index in [9.17, 15) is 9.59 Å². The van der Waals surface area contributed by atoms with Gasteiger partial charge in [0, 0.05) is 50.0 Å². The van der Waals surface area contributed by atoms with Gasteiger partial charge in [-0.25, -0.2) is 14.6 Å². The minimum absolute atomic E-state index is 0.0604. The average molecular weight is 392 g/mol. The zero-order valence-corrected chi connectivity index (χ0v) is 16.5. The molecule has 1 aromatic carbocycles. The third-order valence-corrected chi connectivity index (χ3v) is 5.24. The number of hydrogen-bond acceptors (Lipinski definition) is 3. The van der Waals surface area contributed by atoms with Crippen LogP contribution in [0.25, 0.3) is 16.8 Å². The van der Waals surface area contributed by atoms with E-state index in [2.05, 4.69) is 20.9 Å². The van der Waals surface area contributed by atoms with E-state index in [4.69, 9.17) is 0 Å². The number of carbonyl (C=O) groups excluding carboxylic acids is 2. The van der Waals surface area contributed by atoms with Gasteiger partial charge in [-0.2, -0.15) is 0 Å². The van der Waals surface area contributed by atoms with Crippen molar-refractivity contribution in [3.8, 4) is 11.1 Å². The molecule has 1 saturated heterocycles. The topological polar surface area (TPSA) is 90.8 Å². The molecule has 29 heavy (non-hydrogen) atoms. The fourth-order valence-corrected chi connectivity index (χ4v) is 3.66. The molecule has 0 unspecified atom stereocenters. The van der Waals surface area contributed by atoms with Crippen LogP contribution in [0, 0.1) is 6.92 Å². The second kappa shape index (κ2) is 7.83. The van der Waals surface area contributed by atoms with Crippen LogP contribution in [0.5, 0.6) is 0 Å². The lowest BCUT2D eigenvalue weighted by atomic mass is 10.00. The van der Waals surface area contributed by atoms with E-state index in [1.165, 1.54) is 0 Å². The zero-order valence-electron chi connectivity index (χ0n) is 16.5. The highest BCUT2D eigenvalue weighted by Gasteiger charge is 2.19. The summed E-state index contributed by atoms with van der Waals surface area (Å²) in [5, 5.41) is 8.42. The number of aromatic nitrogens is 2. The number of nitrogens with zero attached hydrogens (tertiary/aromatic N) is 3. The Morgan fingerprint density at radius 3 is 2.66 bits per heavy atom. The van der Waals surface area contributed by atoms with Gasteiger partial charge in [0.25, 0.3) is 0 Å². The number of amides is 4. The Kier molecular flexibility index (Phi) is 5.07. The van der Waals surface area contributed by atoms with Gasteiger partial charge in [-0.05, 0) is 43.0 Å². The minimum Gasteiger partial charge on any atom is -0.341 e. The summed E-state index contributed by atoms with van der Waals surface area (Å²) in [6, 6.07) is 7.36. The third kappa shape index (κ3) is 3.73. The summed E-state index contributed by atoms with van der Waals surface area (Å²) in [7, 11) is 1.57. The standard InChI is InChI=1S/C21H24N6O2/c1-14-16(6-5-7-17(14)25-21(29)26-9-3-4-10-26)15-12-18(24-20(28)22-2)19-23-8-11-27(19)13-15/h5-8,11-13H,3-4,9-10H2,1-2H3,(H,25,29)(H2,22,24,28). The summed E-state index contributed by atoms with van der Waals surface area (Å²) in [5.41, 5.74) is 4.90. The summed E-state index contributed by atoms with van der Waals surface area (Å²) in [4.78, 5) is 30.5. The molecule has 3 aromatic rings. The summed E-state index contributed by atoms with van der Waals surface area (Å²) < 4.78 is 1.87. The molecule has 0 aliphatic carbocycles. The van der Waals surface area contributed by atoms with Crippen molar-refractivity contribution < 1.29 is 9.59 Å². The number of carbonyl (C=O) groups is 2.